The van der Waals surface area contributed by atoms with E-state index in [0.717, 1.165) is 28.7 Å². The Bertz CT molecular complexity index is 745. The lowest BCUT2D eigenvalue weighted by molar-refractivity contribution is -0.129. The normalized spacial score (nSPS) is 14.2. The predicted octanol–water partition coefficient (Wildman–Crippen LogP) is 3.23. The highest BCUT2D eigenvalue weighted by atomic mass is 79.9. The summed E-state index contributed by atoms with van der Waals surface area (Å²) >= 11 is 4.83. The van der Waals surface area contributed by atoms with Crippen molar-refractivity contribution < 1.29 is 9.59 Å². The Kier molecular flexibility index (Phi) is 5.30. The lowest BCUT2D eigenvalue weighted by Crippen LogP contribution is -2.28. The van der Waals surface area contributed by atoms with Gasteiger partial charge in [-0.15, -0.1) is 11.3 Å². The average molecular weight is 408 g/mol. The Morgan fingerprint density at radius 1 is 1.38 bits per heavy atom. The van der Waals surface area contributed by atoms with Gasteiger partial charge in [0.1, 0.15) is 0 Å². The van der Waals surface area contributed by atoms with Gasteiger partial charge in [-0.1, -0.05) is 28.1 Å². The molecule has 0 spiro atoms. The minimum Gasteiger partial charge on any atom is -0.341 e. The zero-order chi connectivity index (χ0) is 17.1. The number of rotatable bonds is 5. The van der Waals surface area contributed by atoms with Crippen LogP contribution in [-0.2, 0) is 22.6 Å². The molecule has 0 saturated carbocycles. The van der Waals surface area contributed by atoms with Gasteiger partial charge in [-0.3, -0.25) is 14.5 Å². The van der Waals surface area contributed by atoms with E-state index >= 15 is 0 Å². The summed E-state index contributed by atoms with van der Waals surface area (Å²) in [5, 5.41) is 2.57. The largest absolute Gasteiger partial charge is 0.341 e. The molecule has 1 fully saturated rings. The van der Waals surface area contributed by atoms with Crippen molar-refractivity contribution >= 4 is 44.2 Å². The zero-order valence-electron chi connectivity index (χ0n) is 13.4. The molecule has 0 unspecified atom stereocenters. The van der Waals surface area contributed by atoms with Gasteiger partial charge in [-0.2, -0.15) is 0 Å². The third-order valence-corrected chi connectivity index (χ3v) is 5.38. The number of halogens is 1. The molecule has 5 nitrogen and oxygen atoms in total. The minimum atomic E-state index is 0.0162. The van der Waals surface area contributed by atoms with Crippen LogP contribution in [0.25, 0.3) is 0 Å². The maximum Gasteiger partial charge on any atom is 0.228 e. The summed E-state index contributed by atoms with van der Waals surface area (Å²) in [6, 6.07) is 7.92. The Hall–Kier alpha value is -1.73. The van der Waals surface area contributed by atoms with Gasteiger partial charge >= 0.3 is 0 Å². The zero-order valence-corrected chi connectivity index (χ0v) is 15.8. The van der Waals surface area contributed by atoms with Crippen LogP contribution in [0.15, 0.2) is 34.1 Å². The third kappa shape index (κ3) is 4.02. The fourth-order valence-electron chi connectivity index (χ4n) is 2.59. The van der Waals surface area contributed by atoms with Crippen molar-refractivity contribution in [3.8, 4) is 0 Å². The first kappa shape index (κ1) is 17.1. The Labute approximate surface area is 153 Å². The van der Waals surface area contributed by atoms with E-state index in [2.05, 4.69) is 20.9 Å². The SMILES string of the molecule is CN(Cc1ccc(Br)cc1)C(=O)Cc1csc(N2CCCC2=O)n1. The maximum absolute atomic E-state index is 12.4. The van der Waals surface area contributed by atoms with Gasteiger partial charge in [0.05, 0.1) is 12.1 Å². The molecule has 7 heteroatoms. The van der Waals surface area contributed by atoms with Gasteiger partial charge in [0.15, 0.2) is 5.13 Å². The van der Waals surface area contributed by atoms with Gasteiger partial charge in [-0.05, 0) is 24.1 Å². The van der Waals surface area contributed by atoms with Crippen molar-refractivity contribution in [3.05, 3.63) is 45.4 Å². The van der Waals surface area contributed by atoms with Gasteiger partial charge in [0, 0.05) is 36.4 Å². The summed E-state index contributed by atoms with van der Waals surface area (Å²) in [5.74, 6) is 0.136. The van der Waals surface area contributed by atoms with E-state index in [1.807, 2.05) is 29.6 Å². The Morgan fingerprint density at radius 2 is 2.12 bits per heavy atom. The highest BCUT2D eigenvalue weighted by Gasteiger charge is 2.24. The lowest BCUT2D eigenvalue weighted by Gasteiger charge is -2.17. The van der Waals surface area contributed by atoms with E-state index in [9.17, 15) is 9.59 Å². The van der Waals surface area contributed by atoms with E-state index in [4.69, 9.17) is 0 Å². The van der Waals surface area contributed by atoms with Crippen LogP contribution in [0.2, 0.25) is 0 Å². The van der Waals surface area contributed by atoms with Crippen molar-refractivity contribution in [2.24, 2.45) is 0 Å². The number of anilines is 1. The van der Waals surface area contributed by atoms with Gasteiger partial charge < -0.3 is 4.90 Å². The summed E-state index contributed by atoms with van der Waals surface area (Å²) in [5.41, 5.74) is 1.80. The topological polar surface area (TPSA) is 53.5 Å². The predicted molar refractivity (Wildman–Crippen MR) is 98.0 cm³/mol. The van der Waals surface area contributed by atoms with E-state index in [1.165, 1.54) is 11.3 Å². The molecule has 2 amide bonds. The van der Waals surface area contributed by atoms with Crippen LogP contribution in [0.3, 0.4) is 0 Å². The first-order valence-corrected chi connectivity index (χ1v) is 9.43. The van der Waals surface area contributed by atoms with Crippen LogP contribution >= 0.6 is 27.3 Å². The second-order valence-corrected chi connectivity index (χ2v) is 7.58. The number of amides is 2. The molecule has 0 radical (unpaired) electrons. The summed E-state index contributed by atoms with van der Waals surface area (Å²) in [6.07, 6.45) is 1.72. The molecule has 2 heterocycles. The molecule has 1 aromatic carbocycles. The van der Waals surface area contributed by atoms with Crippen molar-refractivity contribution in [3.63, 3.8) is 0 Å². The summed E-state index contributed by atoms with van der Waals surface area (Å²) in [4.78, 5) is 32.0. The molecule has 1 aliphatic heterocycles. The molecule has 0 atom stereocenters. The van der Waals surface area contributed by atoms with E-state index < -0.39 is 0 Å². The minimum absolute atomic E-state index is 0.0162. The molecule has 0 bridgehead atoms. The molecule has 1 saturated heterocycles. The lowest BCUT2D eigenvalue weighted by atomic mass is 10.2. The quantitative estimate of drug-likeness (QED) is 0.764. The van der Waals surface area contributed by atoms with Gasteiger partial charge in [0.2, 0.25) is 11.8 Å². The first-order chi connectivity index (χ1) is 11.5. The second-order valence-electron chi connectivity index (χ2n) is 5.82. The van der Waals surface area contributed by atoms with Crippen LogP contribution in [0.5, 0.6) is 0 Å². The first-order valence-electron chi connectivity index (χ1n) is 7.76. The number of carbonyl (C=O) groups excluding carboxylic acids is 2. The monoisotopic (exact) mass is 407 g/mol. The number of benzene rings is 1. The van der Waals surface area contributed by atoms with Crippen molar-refractivity contribution in [2.45, 2.75) is 25.8 Å². The van der Waals surface area contributed by atoms with E-state index in [1.54, 1.807) is 16.8 Å². The molecular weight excluding hydrogens is 390 g/mol. The van der Waals surface area contributed by atoms with Crippen LogP contribution in [0.4, 0.5) is 5.13 Å². The van der Waals surface area contributed by atoms with Gasteiger partial charge in [0.25, 0.3) is 0 Å². The van der Waals surface area contributed by atoms with Gasteiger partial charge in [-0.25, -0.2) is 4.98 Å². The molecule has 1 aliphatic rings. The Balaban J connectivity index is 1.59. The molecule has 0 aliphatic carbocycles. The van der Waals surface area contributed by atoms with Crippen molar-refractivity contribution in [2.75, 3.05) is 18.5 Å². The number of nitrogens with zero attached hydrogens (tertiary/aromatic N) is 3. The van der Waals surface area contributed by atoms with Crippen LogP contribution in [-0.4, -0.2) is 35.3 Å². The molecule has 2 aromatic rings. The number of aromatic nitrogens is 1. The van der Waals surface area contributed by atoms with Crippen LogP contribution in [0, 0.1) is 0 Å². The fraction of sp³-hybridized carbons (Fsp3) is 0.353. The molecule has 0 N–H and O–H groups in total. The average Bonchev–Trinajstić information content (AvgIpc) is 3.18. The maximum atomic E-state index is 12.4. The van der Waals surface area contributed by atoms with Crippen molar-refractivity contribution in [1.29, 1.82) is 0 Å². The number of carbonyl (C=O) groups is 2. The third-order valence-electron chi connectivity index (χ3n) is 3.94. The fourth-order valence-corrected chi connectivity index (χ4v) is 3.73. The summed E-state index contributed by atoms with van der Waals surface area (Å²) in [6.45, 7) is 1.29. The molecule has 1 aromatic heterocycles. The summed E-state index contributed by atoms with van der Waals surface area (Å²) in [7, 11) is 1.79. The van der Waals surface area contributed by atoms with Crippen LogP contribution in [0.1, 0.15) is 24.1 Å². The van der Waals surface area contributed by atoms with Crippen molar-refractivity contribution in [1.82, 2.24) is 9.88 Å². The number of hydrogen-bond acceptors (Lipinski definition) is 4. The molecule has 24 heavy (non-hydrogen) atoms. The smallest absolute Gasteiger partial charge is 0.228 e. The number of hydrogen-bond donors (Lipinski definition) is 0. The number of likely N-dealkylation sites (N-methyl/N-ethyl adjacent to an activating group) is 1. The standard InChI is InChI=1S/C17H18BrN3O2S/c1-20(10-12-4-6-13(18)7-5-12)16(23)9-14-11-24-17(19-14)21-8-2-3-15(21)22/h4-7,11H,2-3,8-10H2,1H3. The molecule has 3 rings (SSSR count). The second kappa shape index (κ2) is 7.44. The number of thiazole rings is 1. The molecule has 126 valence electrons. The van der Waals surface area contributed by atoms with Crippen LogP contribution < -0.4 is 4.90 Å². The molecular formula is C17H18BrN3O2S. The highest BCUT2D eigenvalue weighted by Crippen LogP contribution is 2.25. The summed E-state index contributed by atoms with van der Waals surface area (Å²) < 4.78 is 1.02. The Morgan fingerprint density at radius 3 is 2.79 bits per heavy atom. The highest BCUT2D eigenvalue weighted by molar-refractivity contribution is 9.10. The van der Waals surface area contributed by atoms with E-state index in [0.29, 0.717) is 18.1 Å². The van der Waals surface area contributed by atoms with E-state index in [-0.39, 0.29) is 18.2 Å².